The van der Waals surface area contributed by atoms with Gasteiger partial charge in [-0.2, -0.15) is 9.30 Å². The summed E-state index contributed by atoms with van der Waals surface area (Å²) in [6.45, 7) is 7.09. The van der Waals surface area contributed by atoms with E-state index in [-0.39, 0.29) is 10.8 Å². The Hall–Kier alpha value is -2.29. The monoisotopic (exact) mass is 457 g/mol. The lowest BCUT2D eigenvalue weighted by Crippen LogP contribution is -2.40. The van der Waals surface area contributed by atoms with Gasteiger partial charge in [-0.3, -0.25) is 4.79 Å². The minimum Gasteiger partial charge on any atom is -0.316 e. The Kier molecular flexibility index (Phi) is 6.14. The molecule has 31 heavy (non-hydrogen) atoms. The fourth-order valence-electron chi connectivity index (χ4n) is 4.16. The Labute approximate surface area is 186 Å². The minimum absolute atomic E-state index is 0.218. The number of para-hydroxylation sites is 1. The first-order chi connectivity index (χ1) is 14.9. The number of carbonyl (C=O) groups is 1. The van der Waals surface area contributed by atoms with E-state index in [1.807, 2.05) is 26.0 Å². The highest BCUT2D eigenvalue weighted by molar-refractivity contribution is 7.89. The van der Waals surface area contributed by atoms with Gasteiger partial charge in [0.25, 0.3) is 5.91 Å². The topological polar surface area (TPSA) is 71.7 Å². The van der Waals surface area contributed by atoms with Gasteiger partial charge in [0.1, 0.15) is 6.04 Å². The first kappa shape index (κ1) is 21.9. The van der Waals surface area contributed by atoms with Gasteiger partial charge in [0.2, 0.25) is 10.0 Å². The second-order valence-electron chi connectivity index (χ2n) is 7.78. The Morgan fingerprint density at radius 3 is 2.58 bits per heavy atom. The summed E-state index contributed by atoms with van der Waals surface area (Å²) in [5.74, 6) is -0.389. The van der Waals surface area contributed by atoms with Crippen molar-refractivity contribution in [2.45, 2.75) is 57.5 Å². The molecular weight excluding hydrogens is 430 g/mol. The molecule has 1 aliphatic rings. The first-order valence-corrected chi connectivity index (χ1v) is 12.9. The number of hydrogen-bond acceptors (Lipinski definition) is 4. The molecule has 3 aromatic rings. The van der Waals surface area contributed by atoms with E-state index >= 15 is 0 Å². The number of benzene rings is 2. The lowest BCUT2D eigenvalue weighted by Gasteiger charge is -2.21. The van der Waals surface area contributed by atoms with Gasteiger partial charge in [-0.15, -0.1) is 0 Å². The van der Waals surface area contributed by atoms with E-state index in [0.717, 1.165) is 22.2 Å². The summed E-state index contributed by atoms with van der Waals surface area (Å²) >= 11 is 1.48. The van der Waals surface area contributed by atoms with Gasteiger partial charge in [0.05, 0.1) is 15.1 Å². The van der Waals surface area contributed by atoms with Gasteiger partial charge in [-0.1, -0.05) is 48.1 Å². The average molecular weight is 458 g/mol. The van der Waals surface area contributed by atoms with Gasteiger partial charge < -0.3 is 4.57 Å². The van der Waals surface area contributed by atoms with Crippen LogP contribution < -0.4 is 4.80 Å². The van der Waals surface area contributed by atoms with Gasteiger partial charge in [-0.25, -0.2) is 8.42 Å². The lowest BCUT2D eigenvalue weighted by atomic mass is 10.1. The van der Waals surface area contributed by atoms with Crippen molar-refractivity contribution >= 4 is 37.5 Å². The third-order valence-corrected chi connectivity index (χ3v) is 8.77. The van der Waals surface area contributed by atoms with E-state index in [0.29, 0.717) is 30.7 Å². The maximum absolute atomic E-state index is 13.2. The van der Waals surface area contributed by atoms with Crippen molar-refractivity contribution in [3.8, 4) is 0 Å². The van der Waals surface area contributed by atoms with Crippen LogP contribution in [0.3, 0.4) is 0 Å². The summed E-state index contributed by atoms with van der Waals surface area (Å²) in [4.78, 5) is 18.5. The van der Waals surface area contributed by atoms with E-state index in [4.69, 9.17) is 0 Å². The molecule has 1 fully saturated rings. The highest BCUT2D eigenvalue weighted by Crippen LogP contribution is 2.27. The highest BCUT2D eigenvalue weighted by Gasteiger charge is 2.39. The van der Waals surface area contributed by atoms with Gasteiger partial charge >= 0.3 is 0 Å². The zero-order valence-corrected chi connectivity index (χ0v) is 19.7. The number of hydrogen-bond donors (Lipinski definition) is 0. The molecule has 0 radical (unpaired) electrons. The maximum atomic E-state index is 13.2. The molecule has 8 heteroatoms. The maximum Gasteiger partial charge on any atom is 0.266 e. The molecule has 2 aromatic carbocycles. The number of rotatable bonds is 5. The Balaban J connectivity index is 1.73. The molecule has 0 bridgehead atoms. The summed E-state index contributed by atoms with van der Waals surface area (Å²) in [5, 5.41) is 0. The number of sulfonamides is 1. The smallest absolute Gasteiger partial charge is 0.266 e. The summed E-state index contributed by atoms with van der Waals surface area (Å²) < 4.78 is 30.9. The summed E-state index contributed by atoms with van der Waals surface area (Å²) in [6.07, 6.45) is 2.04. The molecule has 2 heterocycles. The van der Waals surface area contributed by atoms with Crippen LogP contribution in [0.2, 0.25) is 0 Å². The number of nitrogens with zero attached hydrogens (tertiary/aromatic N) is 3. The highest BCUT2D eigenvalue weighted by atomic mass is 32.2. The number of aromatic nitrogens is 1. The fourth-order valence-corrected chi connectivity index (χ4v) is 6.95. The molecular formula is C23H27N3O3S2. The zero-order chi connectivity index (χ0) is 22.2. The van der Waals surface area contributed by atoms with Crippen LogP contribution in [-0.4, -0.2) is 35.8 Å². The molecule has 1 unspecified atom stereocenters. The van der Waals surface area contributed by atoms with Crippen molar-refractivity contribution in [2.75, 3.05) is 6.54 Å². The molecule has 0 saturated carbocycles. The molecule has 0 spiro atoms. The second-order valence-corrected chi connectivity index (χ2v) is 10.7. The van der Waals surface area contributed by atoms with Crippen LogP contribution in [0, 0.1) is 6.92 Å². The van der Waals surface area contributed by atoms with Gasteiger partial charge in [-0.05, 0) is 56.9 Å². The van der Waals surface area contributed by atoms with Crippen LogP contribution in [0.15, 0.2) is 52.4 Å². The van der Waals surface area contributed by atoms with Gasteiger partial charge in [0, 0.05) is 13.1 Å². The number of fused-ring (bicyclic) bond motifs is 1. The average Bonchev–Trinajstić information content (AvgIpc) is 3.39. The molecule has 1 aliphatic heterocycles. The van der Waals surface area contributed by atoms with Gasteiger partial charge in [0.15, 0.2) is 4.80 Å². The molecule has 6 nitrogen and oxygen atoms in total. The Morgan fingerprint density at radius 2 is 1.90 bits per heavy atom. The molecule has 0 N–H and O–H groups in total. The number of thiazole rings is 1. The quantitative estimate of drug-likeness (QED) is 0.584. The predicted molar refractivity (Wildman–Crippen MR) is 124 cm³/mol. The van der Waals surface area contributed by atoms with Crippen LogP contribution in [-0.2, 0) is 27.8 Å². The van der Waals surface area contributed by atoms with Crippen LogP contribution >= 0.6 is 11.3 Å². The van der Waals surface area contributed by atoms with Crippen molar-refractivity contribution in [1.29, 1.82) is 0 Å². The fraction of sp³-hybridized carbons (Fsp3) is 0.391. The number of carbonyl (C=O) groups excluding carboxylic acids is 1. The van der Waals surface area contributed by atoms with Crippen LogP contribution in [0.1, 0.15) is 37.8 Å². The van der Waals surface area contributed by atoms with Crippen molar-refractivity contribution in [2.24, 2.45) is 4.99 Å². The van der Waals surface area contributed by atoms with E-state index < -0.39 is 16.1 Å². The van der Waals surface area contributed by atoms with Crippen LogP contribution in [0.5, 0.6) is 0 Å². The van der Waals surface area contributed by atoms with E-state index in [9.17, 15) is 13.2 Å². The summed E-state index contributed by atoms with van der Waals surface area (Å²) in [5.41, 5.74) is 3.32. The SMILES string of the molecule is CCc1cccc2sc(=NC(=O)C3CCCN3S(=O)(=O)c3ccc(C)cc3)n(CC)c12. The molecule has 0 aliphatic carbocycles. The summed E-state index contributed by atoms with van der Waals surface area (Å²) in [7, 11) is -3.74. The zero-order valence-electron chi connectivity index (χ0n) is 18.0. The predicted octanol–water partition coefficient (Wildman–Crippen LogP) is 3.87. The first-order valence-electron chi connectivity index (χ1n) is 10.6. The largest absolute Gasteiger partial charge is 0.316 e. The van der Waals surface area contributed by atoms with Crippen LogP contribution in [0.4, 0.5) is 0 Å². The van der Waals surface area contributed by atoms with E-state index in [1.165, 1.54) is 21.2 Å². The van der Waals surface area contributed by atoms with E-state index in [2.05, 4.69) is 22.5 Å². The minimum atomic E-state index is -3.74. The summed E-state index contributed by atoms with van der Waals surface area (Å²) in [6, 6.07) is 12.2. The lowest BCUT2D eigenvalue weighted by molar-refractivity contribution is -0.121. The van der Waals surface area contributed by atoms with Crippen LogP contribution in [0.25, 0.3) is 10.2 Å². The number of aryl methyl sites for hydroxylation is 3. The van der Waals surface area contributed by atoms with Crippen molar-refractivity contribution in [3.05, 3.63) is 58.4 Å². The van der Waals surface area contributed by atoms with Crippen molar-refractivity contribution < 1.29 is 13.2 Å². The molecule has 4 rings (SSSR count). The van der Waals surface area contributed by atoms with E-state index in [1.54, 1.807) is 24.3 Å². The normalized spacial score (nSPS) is 18.2. The third-order valence-electron chi connectivity index (χ3n) is 5.80. The van der Waals surface area contributed by atoms with Crippen molar-refractivity contribution in [1.82, 2.24) is 8.87 Å². The standard InChI is InChI=1S/C23H27N3O3S2/c1-4-17-8-6-10-20-21(17)25(5-2)23(30-20)24-22(27)19-9-7-15-26(19)31(28,29)18-13-11-16(3)12-14-18/h6,8,10-14,19H,4-5,7,9,15H2,1-3H3. The molecule has 1 aromatic heterocycles. The molecule has 164 valence electrons. The Morgan fingerprint density at radius 1 is 1.16 bits per heavy atom. The second kappa shape index (κ2) is 8.68. The van der Waals surface area contributed by atoms with Crippen molar-refractivity contribution in [3.63, 3.8) is 0 Å². The number of amides is 1. The third kappa shape index (κ3) is 4.00. The molecule has 1 amide bonds. The molecule has 1 atom stereocenters. The Bertz CT molecular complexity index is 1290. The molecule has 1 saturated heterocycles.